The highest BCUT2D eigenvalue weighted by Gasteiger charge is 2.39. The predicted octanol–water partition coefficient (Wildman–Crippen LogP) is 5.85. The van der Waals surface area contributed by atoms with Gasteiger partial charge in [0.2, 0.25) is 11.2 Å². The first-order valence-corrected chi connectivity index (χ1v) is 9.29. The van der Waals surface area contributed by atoms with Crippen LogP contribution in [-0.2, 0) is 5.41 Å². The number of nitrogens with zero attached hydrogens (tertiary/aromatic N) is 1. The van der Waals surface area contributed by atoms with Crippen molar-refractivity contribution in [1.82, 2.24) is 4.98 Å². The van der Waals surface area contributed by atoms with Crippen LogP contribution in [0.15, 0.2) is 60.8 Å². The van der Waals surface area contributed by atoms with Crippen LogP contribution in [0.2, 0.25) is 0 Å². The van der Waals surface area contributed by atoms with Crippen molar-refractivity contribution in [3.63, 3.8) is 0 Å². The Kier molecular flexibility index (Phi) is 6.36. The van der Waals surface area contributed by atoms with E-state index in [1.165, 1.54) is 42.6 Å². The Labute approximate surface area is 175 Å². The lowest BCUT2D eigenvalue weighted by Crippen LogP contribution is -2.26. The second-order valence-corrected chi connectivity index (χ2v) is 7.32. The number of Topliss-reactive ketones (excluding diaryl/α,β-unsaturated/α-hetero) is 1. The molecule has 0 bridgehead atoms. The third-order valence-electron chi connectivity index (χ3n) is 4.23. The summed E-state index contributed by atoms with van der Waals surface area (Å²) < 4.78 is 83.2. The average molecular weight is 457 g/mol. The summed E-state index contributed by atoms with van der Waals surface area (Å²) in [6.07, 6.45) is -3.20. The van der Waals surface area contributed by atoms with Crippen LogP contribution >= 0.6 is 9.24 Å². The Hall–Kier alpha value is -2.93. The van der Waals surface area contributed by atoms with E-state index in [0.717, 1.165) is 12.1 Å². The summed E-state index contributed by atoms with van der Waals surface area (Å²) >= 11 is 0. The van der Waals surface area contributed by atoms with E-state index in [0.29, 0.717) is 17.2 Å². The Morgan fingerprint density at radius 1 is 0.935 bits per heavy atom. The van der Waals surface area contributed by atoms with E-state index < -0.39 is 41.2 Å². The third-order valence-corrected chi connectivity index (χ3v) is 4.79. The number of carbonyl (C=O) groups is 1. The molecule has 0 amide bonds. The van der Waals surface area contributed by atoms with E-state index in [4.69, 9.17) is 0 Å². The van der Waals surface area contributed by atoms with Gasteiger partial charge in [-0.05, 0) is 35.9 Å². The molecule has 0 spiro atoms. The van der Waals surface area contributed by atoms with Crippen LogP contribution in [0.1, 0.15) is 16.1 Å². The number of halogens is 6. The van der Waals surface area contributed by atoms with Crippen LogP contribution < -0.4 is 4.74 Å². The van der Waals surface area contributed by atoms with Crippen LogP contribution in [0, 0.1) is 11.6 Å². The number of alkyl halides is 4. The minimum Gasteiger partial charge on any atom is -0.484 e. The van der Waals surface area contributed by atoms with Crippen molar-refractivity contribution in [3.05, 3.63) is 83.7 Å². The van der Waals surface area contributed by atoms with Crippen molar-refractivity contribution in [3.8, 4) is 16.9 Å². The lowest BCUT2D eigenvalue weighted by molar-refractivity contribution is -0.153. The molecule has 3 aromatic rings. The van der Waals surface area contributed by atoms with Gasteiger partial charge in [-0.15, -0.1) is 0 Å². The summed E-state index contributed by atoms with van der Waals surface area (Å²) in [7, 11) is 1.68. The molecule has 10 heteroatoms. The summed E-state index contributed by atoms with van der Waals surface area (Å²) in [4.78, 5) is 16.3. The highest BCUT2D eigenvalue weighted by molar-refractivity contribution is 7.20. The zero-order valence-corrected chi connectivity index (χ0v) is 16.7. The molecular formula is C21H14F6NO2P. The molecule has 31 heavy (non-hydrogen) atoms. The maximum atomic E-state index is 15.1. The second kappa shape index (κ2) is 8.67. The SMILES string of the molecule is O=C(c1ccc(F)cc1F)C(F)(P)c1ccc(-c2ccc(OCC(F)(F)F)cc2)cn1. The van der Waals surface area contributed by atoms with E-state index in [1.807, 2.05) is 0 Å². The van der Waals surface area contributed by atoms with Crippen LogP contribution in [0.4, 0.5) is 26.3 Å². The lowest BCUT2D eigenvalue weighted by atomic mass is 10.0. The molecule has 0 saturated heterocycles. The predicted molar refractivity (Wildman–Crippen MR) is 104 cm³/mol. The number of hydrogen-bond acceptors (Lipinski definition) is 3. The maximum Gasteiger partial charge on any atom is 0.422 e. The molecule has 0 fully saturated rings. The molecular weight excluding hydrogens is 443 g/mol. The Bertz CT molecular complexity index is 1080. The monoisotopic (exact) mass is 457 g/mol. The largest absolute Gasteiger partial charge is 0.484 e. The van der Waals surface area contributed by atoms with Crippen molar-refractivity contribution in [1.29, 1.82) is 0 Å². The molecule has 0 radical (unpaired) electrons. The summed E-state index contributed by atoms with van der Waals surface area (Å²) in [5.41, 5.74) is 0.106. The number of benzene rings is 2. The van der Waals surface area contributed by atoms with Crippen molar-refractivity contribution in [2.75, 3.05) is 6.61 Å². The van der Waals surface area contributed by atoms with Crippen LogP contribution in [0.5, 0.6) is 5.75 Å². The van der Waals surface area contributed by atoms with E-state index in [9.17, 15) is 26.7 Å². The number of carbonyl (C=O) groups excluding carboxylic acids is 1. The first-order chi connectivity index (χ1) is 14.5. The first-order valence-electron chi connectivity index (χ1n) is 8.71. The van der Waals surface area contributed by atoms with E-state index >= 15 is 4.39 Å². The second-order valence-electron chi connectivity index (χ2n) is 6.53. The molecule has 0 aliphatic heterocycles. The van der Waals surface area contributed by atoms with Gasteiger partial charge in [-0.1, -0.05) is 27.4 Å². The van der Waals surface area contributed by atoms with E-state index in [-0.39, 0.29) is 11.4 Å². The van der Waals surface area contributed by atoms with Crippen LogP contribution in [0.25, 0.3) is 11.1 Å². The minimum absolute atomic E-state index is 0.0188. The van der Waals surface area contributed by atoms with Gasteiger partial charge in [0.05, 0.1) is 11.3 Å². The van der Waals surface area contributed by atoms with Gasteiger partial charge in [0.25, 0.3) is 0 Å². The van der Waals surface area contributed by atoms with Crippen molar-refractivity contribution in [2.45, 2.75) is 11.6 Å². The Balaban J connectivity index is 1.78. The average Bonchev–Trinajstić information content (AvgIpc) is 2.72. The fourth-order valence-electron chi connectivity index (χ4n) is 2.67. The summed E-state index contributed by atoms with van der Waals surface area (Å²) in [6.45, 7) is -1.42. The van der Waals surface area contributed by atoms with Crippen LogP contribution in [0.3, 0.4) is 0 Å². The number of rotatable bonds is 6. The number of ether oxygens (including phenoxy) is 1. The Morgan fingerprint density at radius 2 is 1.58 bits per heavy atom. The number of pyridine rings is 1. The van der Waals surface area contributed by atoms with Gasteiger partial charge in [-0.2, -0.15) is 13.2 Å². The zero-order valence-electron chi connectivity index (χ0n) is 15.6. The van der Waals surface area contributed by atoms with Gasteiger partial charge in [0.1, 0.15) is 17.4 Å². The molecule has 3 nitrogen and oxygen atoms in total. The van der Waals surface area contributed by atoms with Gasteiger partial charge < -0.3 is 4.74 Å². The van der Waals surface area contributed by atoms with Gasteiger partial charge in [0.15, 0.2) is 6.61 Å². The molecule has 2 atom stereocenters. The molecule has 2 unspecified atom stereocenters. The standard InChI is InChI=1S/C21H14F6NO2P/c22-14-4-7-16(17(23)9-14)19(29)21(27,31)18-8-3-13(10-28-18)12-1-5-15(6-2-12)30-11-20(24,25)26/h1-10H,11,31H2. The van der Waals surface area contributed by atoms with Crippen molar-refractivity contribution < 1.29 is 35.9 Å². The van der Waals surface area contributed by atoms with Crippen molar-refractivity contribution in [2.24, 2.45) is 0 Å². The molecule has 1 heterocycles. The number of hydrogen-bond donors (Lipinski definition) is 0. The minimum atomic E-state index is -4.45. The number of aromatic nitrogens is 1. The topological polar surface area (TPSA) is 39.2 Å². The normalized spacial score (nSPS) is 13.5. The number of ketones is 1. The van der Waals surface area contributed by atoms with Gasteiger partial charge in [-0.25, -0.2) is 13.2 Å². The van der Waals surface area contributed by atoms with E-state index in [1.54, 1.807) is 9.24 Å². The summed E-state index contributed by atoms with van der Waals surface area (Å²) in [5.74, 6) is -3.33. The summed E-state index contributed by atoms with van der Waals surface area (Å²) in [5, 5.41) is -2.76. The molecule has 1 aromatic heterocycles. The molecule has 0 aliphatic rings. The highest BCUT2D eigenvalue weighted by Crippen LogP contribution is 2.37. The molecule has 3 rings (SSSR count). The molecule has 2 aromatic carbocycles. The zero-order chi connectivity index (χ0) is 22.8. The molecule has 0 N–H and O–H groups in total. The smallest absolute Gasteiger partial charge is 0.422 e. The molecule has 0 saturated carbocycles. The molecule has 0 aliphatic carbocycles. The van der Waals surface area contributed by atoms with Crippen molar-refractivity contribution >= 4 is 15.0 Å². The Morgan fingerprint density at radius 3 is 2.13 bits per heavy atom. The quantitative estimate of drug-likeness (QED) is 0.265. The lowest BCUT2D eigenvalue weighted by Gasteiger charge is -2.19. The third kappa shape index (κ3) is 5.41. The first kappa shape index (κ1) is 22.7. The fourth-order valence-corrected chi connectivity index (χ4v) is 3.00. The highest BCUT2D eigenvalue weighted by atomic mass is 31.0. The summed E-state index contributed by atoms with van der Waals surface area (Å²) in [6, 6.07) is 10.5. The molecule has 162 valence electrons. The van der Waals surface area contributed by atoms with E-state index in [2.05, 4.69) is 9.72 Å². The van der Waals surface area contributed by atoms with Gasteiger partial charge in [-0.3, -0.25) is 9.78 Å². The van der Waals surface area contributed by atoms with Gasteiger partial charge in [0, 0.05) is 17.8 Å². The van der Waals surface area contributed by atoms with Gasteiger partial charge >= 0.3 is 6.18 Å². The van der Waals surface area contributed by atoms with Crippen LogP contribution in [-0.4, -0.2) is 23.6 Å². The maximum absolute atomic E-state index is 15.1. The fraction of sp³-hybridized carbons (Fsp3) is 0.143.